The lowest BCUT2D eigenvalue weighted by molar-refractivity contribution is -0.137. The second-order valence-corrected chi connectivity index (χ2v) is 5.72. The molecule has 1 aliphatic carbocycles. The Bertz CT molecular complexity index is 308. The lowest BCUT2D eigenvalue weighted by atomic mass is 9.67. The van der Waals surface area contributed by atoms with Crippen molar-refractivity contribution in [1.82, 2.24) is 10.6 Å². The lowest BCUT2D eigenvalue weighted by Gasteiger charge is -2.41. The smallest absolute Gasteiger partial charge is 0.315 e. The Labute approximate surface area is 115 Å². The maximum absolute atomic E-state index is 11.7. The molecule has 0 saturated heterocycles. The number of aliphatic carboxylic acids is 1. The van der Waals surface area contributed by atoms with Crippen LogP contribution < -0.4 is 10.6 Å². The molecule has 19 heavy (non-hydrogen) atoms. The first kappa shape index (κ1) is 15.8. The summed E-state index contributed by atoms with van der Waals surface area (Å²) in [5.41, 5.74) is 0.323. The molecule has 0 aliphatic heterocycles. The SMILES string of the molecule is CCC1(CNC(=O)NC(C)CCCC(=O)O)CCC1. The molecule has 0 aromatic rings. The molecular formula is C14H26N2O3. The summed E-state index contributed by atoms with van der Waals surface area (Å²) in [6.45, 7) is 4.82. The van der Waals surface area contributed by atoms with Crippen LogP contribution in [0, 0.1) is 5.41 Å². The van der Waals surface area contributed by atoms with Crippen molar-refractivity contribution in [2.75, 3.05) is 6.54 Å². The van der Waals surface area contributed by atoms with Gasteiger partial charge in [-0.25, -0.2) is 4.79 Å². The average Bonchev–Trinajstić information content (AvgIpc) is 2.27. The van der Waals surface area contributed by atoms with Gasteiger partial charge >= 0.3 is 12.0 Å². The van der Waals surface area contributed by atoms with Crippen LogP contribution in [0.3, 0.4) is 0 Å². The number of carboxylic acid groups (broad SMARTS) is 1. The summed E-state index contributed by atoms with van der Waals surface area (Å²) >= 11 is 0. The summed E-state index contributed by atoms with van der Waals surface area (Å²) < 4.78 is 0. The van der Waals surface area contributed by atoms with E-state index < -0.39 is 5.97 Å². The van der Waals surface area contributed by atoms with E-state index >= 15 is 0 Å². The molecule has 0 radical (unpaired) electrons. The van der Waals surface area contributed by atoms with Gasteiger partial charge in [0.25, 0.3) is 0 Å². The first-order valence-electron chi connectivity index (χ1n) is 7.23. The van der Waals surface area contributed by atoms with Gasteiger partial charge in [0.05, 0.1) is 0 Å². The Kier molecular flexibility index (Phi) is 6.12. The van der Waals surface area contributed by atoms with Gasteiger partial charge in [-0.15, -0.1) is 0 Å². The van der Waals surface area contributed by atoms with Crippen LogP contribution in [0.1, 0.15) is 58.8 Å². The molecule has 0 bridgehead atoms. The first-order valence-corrected chi connectivity index (χ1v) is 7.23. The van der Waals surface area contributed by atoms with Crippen molar-refractivity contribution < 1.29 is 14.7 Å². The predicted octanol–water partition coefficient (Wildman–Crippen LogP) is 2.51. The number of carboxylic acids is 1. The normalized spacial score (nSPS) is 18.2. The maximum Gasteiger partial charge on any atom is 0.315 e. The topological polar surface area (TPSA) is 78.4 Å². The molecule has 1 aliphatic rings. The largest absolute Gasteiger partial charge is 0.481 e. The van der Waals surface area contributed by atoms with Gasteiger partial charge < -0.3 is 15.7 Å². The van der Waals surface area contributed by atoms with Gasteiger partial charge in [0.1, 0.15) is 0 Å². The molecule has 110 valence electrons. The standard InChI is InChI=1S/C14H26N2O3/c1-3-14(8-5-9-14)10-15-13(19)16-11(2)6-4-7-12(17)18/h11H,3-10H2,1-2H3,(H,17,18)(H2,15,16,19). The molecule has 1 atom stereocenters. The van der Waals surface area contributed by atoms with E-state index in [-0.39, 0.29) is 18.5 Å². The molecule has 1 unspecified atom stereocenters. The van der Waals surface area contributed by atoms with E-state index in [0.29, 0.717) is 18.3 Å². The number of rotatable bonds is 8. The minimum Gasteiger partial charge on any atom is -0.481 e. The van der Waals surface area contributed by atoms with Crippen LogP contribution in [0.4, 0.5) is 4.79 Å². The van der Waals surface area contributed by atoms with Gasteiger partial charge in [-0.2, -0.15) is 0 Å². The fourth-order valence-electron chi connectivity index (χ4n) is 2.51. The van der Waals surface area contributed by atoms with Crippen molar-refractivity contribution in [3.8, 4) is 0 Å². The van der Waals surface area contributed by atoms with Gasteiger partial charge in [0.15, 0.2) is 0 Å². The molecule has 1 saturated carbocycles. The van der Waals surface area contributed by atoms with E-state index in [0.717, 1.165) is 13.0 Å². The van der Waals surface area contributed by atoms with Gasteiger partial charge in [-0.3, -0.25) is 4.79 Å². The third kappa shape index (κ3) is 5.49. The molecule has 5 nitrogen and oxygen atoms in total. The zero-order valence-electron chi connectivity index (χ0n) is 12.0. The van der Waals surface area contributed by atoms with Gasteiger partial charge in [-0.1, -0.05) is 13.3 Å². The molecule has 0 heterocycles. The lowest BCUT2D eigenvalue weighted by Crippen LogP contribution is -2.47. The minimum atomic E-state index is -0.786. The first-order chi connectivity index (χ1) is 8.97. The molecule has 0 spiro atoms. The maximum atomic E-state index is 11.7. The van der Waals surface area contributed by atoms with E-state index in [1.165, 1.54) is 19.3 Å². The van der Waals surface area contributed by atoms with E-state index in [1.54, 1.807) is 0 Å². The molecule has 1 fully saturated rings. The fourth-order valence-corrected chi connectivity index (χ4v) is 2.51. The summed E-state index contributed by atoms with van der Waals surface area (Å²) in [5.74, 6) is -0.786. The Hall–Kier alpha value is -1.26. The zero-order valence-corrected chi connectivity index (χ0v) is 12.0. The Morgan fingerprint density at radius 1 is 1.37 bits per heavy atom. The van der Waals surface area contributed by atoms with Crippen LogP contribution in [-0.4, -0.2) is 29.7 Å². The van der Waals surface area contributed by atoms with Crippen LogP contribution in [-0.2, 0) is 4.79 Å². The fraction of sp³-hybridized carbons (Fsp3) is 0.857. The number of nitrogens with one attached hydrogen (secondary N) is 2. The third-order valence-corrected chi connectivity index (χ3v) is 4.19. The van der Waals surface area contributed by atoms with Crippen molar-refractivity contribution in [2.45, 2.75) is 64.8 Å². The predicted molar refractivity (Wildman–Crippen MR) is 74.1 cm³/mol. The molecule has 1 rings (SSSR count). The summed E-state index contributed by atoms with van der Waals surface area (Å²) in [6.07, 6.45) is 6.24. The Balaban J connectivity index is 2.14. The van der Waals surface area contributed by atoms with Crippen LogP contribution in [0.15, 0.2) is 0 Å². The van der Waals surface area contributed by atoms with Gasteiger partial charge in [-0.05, 0) is 44.4 Å². The zero-order chi connectivity index (χ0) is 14.3. The molecule has 0 aromatic heterocycles. The highest BCUT2D eigenvalue weighted by molar-refractivity contribution is 5.74. The Morgan fingerprint density at radius 2 is 2.05 bits per heavy atom. The molecular weight excluding hydrogens is 244 g/mol. The highest BCUT2D eigenvalue weighted by Crippen LogP contribution is 2.42. The summed E-state index contributed by atoms with van der Waals surface area (Å²) in [6, 6.07) is -0.124. The number of carbonyl (C=O) groups is 2. The van der Waals surface area contributed by atoms with Crippen LogP contribution in [0.5, 0.6) is 0 Å². The summed E-state index contributed by atoms with van der Waals surface area (Å²) in [4.78, 5) is 22.1. The number of hydrogen-bond donors (Lipinski definition) is 3. The highest BCUT2D eigenvalue weighted by Gasteiger charge is 2.35. The van der Waals surface area contributed by atoms with Crippen LogP contribution in [0.2, 0.25) is 0 Å². The van der Waals surface area contributed by atoms with Crippen molar-refractivity contribution in [3.05, 3.63) is 0 Å². The van der Waals surface area contributed by atoms with Crippen molar-refractivity contribution in [2.24, 2.45) is 5.41 Å². The molecule has 2 amide bonds. The minimum absolute atomic E-state index is 0.0123. The monoisotopic (exact) mass is 270 g/mol. The van der Waals surface area contributed by atoms with E-state index in [9.17, 15) is 9.59 Å². The van der Waals surface area contributed by atoms with Crippen LogP contribution >= 0.6 is 0 Å². The van der Waals surface area contributed by atoms with Gasteiger partial charge in [0, 0.05) is 19.0 Å². The number of carbonyl (C=O) groups excluding carboxylic acids is 1. The van der Waals surface area contributed by atoms with E-state index in [2.05, 4.69) is 17.6 Å². The molecule has 5 heteroatoms. The summed E-state index contributed by atoms with van der Waals surface area (Å²) in [7, 11) is 0. The molecule has 3 N–H and O–H groups in total. The second-order valence-electron chi connectivity index (χ2n) is 5.72. The number of hydrogen-bond acceptors (Lipinski definition) is 2. The van der Waals surface area contributed by atoms with E-state index in [4.69, 9.17) is 5.11 Å². The average molecular weight is 270 g/mol. The van der Waals surface area contributed by atoms with Crippen molar-refractivity contribution in [1.29, 1.82) is 0 Å². The highest BCUT2D eigenvalue weighted by atomic mass is 16.4. The second kappa shape index (κ2) is 7.36. The number of amides is 2. The summed E-state index contributed by atoms with van der Waals surface area (Å²) in [5, 5.41) is 14.3. The van der Waals surface area contributed by atoms with Gasteiger partial charge in [0.2, 0.25) is 0 Å². The quantitative estimate of drug-likeness (QED) is 0.634. The van der Waals surface area contributed by atoms with Crippen molar-refractivity contribution >= 4 is 12.0 Å². The molecule has 0 aromatic carbocycles. The Morgan fingerprint density at radius 3 is 2.53 bits per heavy atom. The third-order valence-electron chi connectivity index (χ3n) is 4.19. The van der Waals surface area contributed by atoms with E-state index in [1.807, 2.05) is 6.92 Å². The van der Waals surface area contributed by atoms with Crippen molar-refractivity contribution in [3.63, 3.8) is 0 Å². The number of urea groups is 1. The van der Waals surface area contributed by atoms with Crippen LogP contribution in [0.25, 0.3) is 0 Å².